The first-order valence-electron chi connectivity index (χ1n) is 14.8. The van der Waals surface area contributed by atoms with E-state index in [9.17, 15) is 19.2 Å². The highest BCUT2D eigenvalue weighted by Crippen LogP contribution is 2.58. The molecular formula is C29H44N8O6. The zero-order valence-electron chi connectivity index (χ0n) is 25.2. The number of likely N-dealkylation sites (tertiary alicyclic amines) is 1. The monoisotopic (exact) mass is 600 g/mol. The van der Waals surface area contributed by atoms with Crippen LogP contribution >= 0.6 is 0 Å². The fourth-order valence-electron chi connectivity index (χ4n) is 6.46. The number of nitrogens with two attached hydrogens (primary N) is 3. The van der Waals surface area contributed by atoms with Gasteiger partial charge in [-0.3, -0.25) is 19.4 Å². The molecular weight excluding hydrogens is 556 g/mol. The molecule has 3 amide bonds. The molecule has 1 aliphatic carbocycles. The molecule has 1 aromatic carbocycles. The van der Waals surface area contributed by atoms with Crippen molar-refractivity contribution >= 4 is 29.7 Å². The summed E-state index contributed by atoms with van der Waals surface area (Å²) in [7, 11) is 3.64. The quantitative estimate of drug-likeness (QED) is 0.104. The van der Waals surface area contributed by atoms with Crippen molar-refractivity contribution in [3.63, 3.8) is 0 Å². The molecule has 3 aliphatic rings. The van der Waals surface area contributed by atoms with Gasteiger partial charge in [-0.2, -0.15) is 0 Å². The molecule has 1 spiro atoms. The second kappa shape index (κ2) is 13.6. The van der Waals surface area contributed by atoms with Gasteiger partial charge < -0.3 is 47.1 Å². The fraction of sp³-hybridized carbons (Fsp3) is 0.621. The summed E-state index contributed by atoms with van der Waals surface area (Å²) in [4.78, 5) is 58.4. The van der Waals surface area contributed by atoms with Gasteiger partial charge in [-0.05, 0) is 50.8 Å². The molecule has 4 atom stereocenters. The number of ketones is 1. The number of nitrogens with one attached hydrogen (secondary N) is 2. The number of guanidine groups is 1. The average Bonchev–Trinajstić information content (AvgIpc) is 3.44. The van der Waals surface area contributed by atoms with Crippen molar-refractivity contribution in [3.8, 4) is 11.5 Å². The second-order valence-corrected chi connectivity index (χ2v) is 11.6. The van der Waals surface area contributed by atoms with Gasteiger partial charge in [0.25, 0.3) is 0 Å². The van der Waals surface area contributed by atoms with E-state index in [1.165, 1.54) is 4.90 Å². The molecule has 14 nitrogen and oxygen atoms in total. The fourth-order valence-corrected chi connectivity index (χ4v) is 6.46. The lowest BCUT2D eigenvalue weighted by molar-refractivity contribution is -0.128. The Hall–Kier alpha value is -3.91. The molecule has 4 rings (SSSR count). The van der Waals surface area contributed by atoms with E-state index >= 15 is 0 Å². The number of carbonyl (C=O) groups is 4. The lowest BCUT2D eigenvalue weighted by Gasteiger charge is -2.32. The van der Waals surface area contributed by atoms with Crippen LogP contribution in [0, 0.1) is 0 Å². The van der Waals surface area contributed by atoms with E-state index in [4.69, 9.17) is 26.7 Å². The Morgan fingerprint density at radius 3 is 2.74 bits per heavy atom. The van der Waals surface area contributed by atoms with Crippen LogP contribution in [0.4, 0.5) is 4.79 Å². The number of nitrogens with zero attached hydrogens (tertiary/aromatic N) is 3. The number of hydrogen-bond acceptors (Lipinski definition) is 9. The molecule has 2 bridgehead atoms. The van der Waals surface area contributed by atoms with Crippen LogP contribution < -0.4 is 37.3 Å². The number of hydrogen-bond donors (Lipinski definition) is 5. The summed E-state index contributed by atoms with van der Waals surface area (Å²) in [5.74, 6) is -0.107. The number of ether oxygens (including phenoxy) is 2. The first-order valence-corrected chi connectivity index (χ1v) is 14.8. The number of aliphatic imine (C=N–C) groups is 1. The lowest BCUT2D eigenvalue weighted by atomic mass is 9.68. The number of amides is 3. The smallest absolute Gasteiger partial charge is 0.415 e. The molecule has 2 aliphatic heterocycles. The third kappa shape index (κ3) is 6.85. The van der Waals surface area contributed by atoms with Crippen molar-refractivity contribution in [2.75, 3.05) is 46.8 Å². The van der Waals surface area contributed by atoms with Crippen LogP contribution in [0.2, 0.25) is 0 Å². The van der Waals surface area contributed by atoms with Gasteiger partial charge in [0, 0.05) is 51.3 Å². The zero-order chi connectivity index (χ0) is 31.3. The van der Waals surface area contributed by atoms with Crippen LogP contribution in [0.5, 0.6) is 11.5 Å². The van der Waals surface area contributed by atoms with Crippen LogP contribution in [-0.4, -0.2) is 104 Å². The topological polar surface area (TPSA) is 208 Å². The highest BCUT2D eigenvalue weighted by molar-refractivity contribution is 5.89. The van der Waals surface area contributed by atoms with Crippen LogP contribution in [0.3, 0.4) is 0 Å². The highest BCUT2D eigenvalue weighted by atomic mass is 16.6. The van der Waals surface area contributed by atoms with Gasteiger partial charge in [0.05, 0.1) is 12.0 Å². The van der Waals surface area contributed by atoms with Crippen LogP contribution in [0.15, 0.2) is 17.1 Å². The second-order valence-electron chi connectivity index (χ2n) is 11.6. The van der Waals surface area contributed by atoms with Crippen LogP contribution in [0.1, 0.15) is 50.2 Å². The van der Waals surface area contributed by atoms with Gasteiger partial charge in [0.15, 0.2) is 29.3 Å². The Balaban J connectivity index is 1.38. The molecule has 0 saturated carbocycles. The van der Waals surface area contributed by atoms with E-state index in [1.54, 1.807) is 13.1 Å². The standard InChI is InChI=1S/C29H44N8O6/c1-4-6-20(38)25-29-14-18(37(3)16-29)13-17-8-9-21(24(43-25)23(17)29)42-28(41)36(2)12-11-33-26(40)19(35-22(39)15-30)7-5-10-34-27(31)32/h8-9,18-19,25H,4-7,10-16,30H2,1-3H3,(H,33,40)(H,35,39)(H4,31,32,34)/t18-,19+,25?,29-/m1/s1. The van der Waals surface area contributed by atoms with Crippen molar-refractivity contribution < 1.29 is 28.7 Å². The van der Waals surface area contributed by atoms with Gasteiger partial charge >= 0.3 is 6.09 Å². The zero-order valence-corrected chi connectivity index (χ0v) is 25.2. The normalized spacial score (nSPS) is 22.1. The Morgan fingerprint density at radius 2 is 2.05 bits per heavy atom. The predicted octanol–water partition coefficient (Wildman–Crippen LogP) is -0.641. The number of fused-ring (bicyclic) bond motifs is 1. The van der Waals surface area contributed by atoms with Gasteiger partial charge in [-0.15, -0.1) is 0 Å². The largest absolute Gasteiger partial charge is 0.477 e. The van der Waals surface area contributed by atoms with E-state index in [1.807, 2.05) is 13.0 Å². The molecule has 1 aromatic rings. The maximum atomic E-state index is 13.2. The van der Waals surface area contributed by atoms with Gasteiger partial charge in [-0.25, -0.2) is 4.79 Å². The molecule has 43 heavy (non-hydrogen) atoms. The van der Waals surface area contributed by atoms with Gasteiger partial charge in [0.2, 0.25) is 11.8 Å². The molecule has 0 aromatic heterocycles. The molecule has 1 saturated heterocycles. The molecule has 8 N–H and O–H groups in total. The lowest BCUT2D eigenvalue weighted by Crippen LogP contribution is -2.49. The number of rotatable bonds is 14. The SMILES string of the molecule is CCCC(=O)C1Oc2c(OC(=O)N(C)CCNC(=O)[C@H](CCCN=C(N)N)NC(=O)CN)ccc3c2[C@]12C[C@@H](C3)N(C)C2. The third-order valence-corrected chi connectivity index (χ3v) is 8.48. The van der Waals surface area contributed by atoms with Crippen molar-refractivity contribution in [1.29, 1.82) is 0 Å². The minimum absolute atomic E-state index is 0.0540. The first-order chi connectivity index (χ1) is 20.5. The Labute approximate surface area is 251 Å². The minimum Gasteiger partial charge on any atom is -0.477 e. The summed E-state index contributed by atoms with van der Waals surface area (Å²) in [6.07, 6.45) is 2.38. The molecule has 14 heteroatoms. The summed E-state index contributed by atoms with van der Waals surface area (Å²) in [6.45, 7) is 3.00. The molecule has 0 radical (unpaired) electrons. The number of benzene rings is 1. The van der Waals surface area contributed by atoms with Crippen LogP contribution in [0.25, 0.3) is 0 Å². The van der Waals surface area contributed by atoms with Gasteiger partial charge in [-0.1, -0.05) is 13.0 Å². The molecule has 2 heterocycles. The first kappa shape index (κ1) is 32.0. The third-order valence-electron chi connectivity index (χ3n) is 8.48. The number of carbonyl (C=O) groups excluding carboxylic acids is 4. The highest BCUT2D eigenvalue weighted by Gasteiger charge is 2.61. The molecule has 1 unspecified atom stereocenters. The van der Waals surface area contributed by atoms with Crippen molar-refractivity contribution in [2.24, 2.45) is 22.2 Å². The summed E-state index contributed by atoms with van der Waals surface area (Å²) in [5.41, 5.74) is 17.7. The van der Waals surface area contributed by atoms with E-state index in [0.717, 1.165) is 36.9 Å². The average molecular weight is 601 g/mol. The number of Topliss-reactive ketones (excluding diaryl/α,β-unsaturated/α-hetero) is 1. The summed E-state index contributed by atoms with van der Waals surface area (Å²) < 4.78 is 12.2. The van der Waals surface area contributed by atoms with E-state index in [-0.39, 0.29) is 37.1 Å². The van der Waals surface area contributed by atoms with E-state index in [2.05, 4.69) is 27.6 Å². The molecule has 236 valence electrons. The molecule has 1 fully saturated rings. The predicted molar refractivity (Wildman–Crippen MR) is 160 cm³/mol. The van der Waals surface area contributed by atoms with Crippen molar-refractivity contribution in [2.45, 2.75) is 69.1 Å². The Kier molecular flexibility index (Phi) is 10.1. The van der Waals surface area contributed by atoms with Crippen molar-refractivity contribution in [3.05, 3.63) is 23.3 Å². The summed E-state index contributed by atoms with van der Waals surface area (Å²) >= 11 is 0. The Morgan fingerprint density at radius 1 is 1.28 bits per heavy atom. The summed E-state index contributed by atoms with van der Waals surface area (Å²) in [6, 6.07) is 3.22. The minimum atomic E-state index is -0.829. The van der Waals surface area contributed by atoms with E-state index in [0.29, 0.717) is 37.6 Å². The number of likely N-dealkylation sites (N-methyl/N-ethyl adjacent to an activating group) is 2. The van der Waals surface area contributed by atoms with Crippen LogP contribution in [-0.2, 0) is 26.2 Å². The maximum Gasteiger partial charge on any atom is 0.415 e. The Bertz CT molecular complexity index is 1260. The summed E-state index contributed by atoms with van der Waals surface area (Å²) in [5, 5.41) is 5.33. The van der Waals surface area contributed by atoms with E-state index < -0.39 is 35.5 Å². The van der Waals surface area contributed by atoms with Crippen molar-refractivity contribution in [1.82, 2.24) is 20.4 Å². The maximum absolute atomic E-state index is 13.2. The van der Waals surface area contributed by atoms with Gasteiger partial charge in [0.1, 0.15) is 6.04 Å².